The van der Waals surface area contributed by atoms with Crippen molar-refractivity contribution < 1.29 is 14.3 Å². The third kappa shape index (κ3) is 4.06. The molecule has 3 aliphatic heterocycles. The zero-order valence-corrected chi connectivity index (χ0v) is 17.9. The van der Waals surface area contributed by atoms with E-state index in [9.17, 15) is 4.79 Å². The summed E-state index contributed by atoms with van der Waals surface area (Å²) in [6.45, 7) is 4.76. The highest BCUT2D eigenvalue weighted by molar-refractivity contribution is 7.99. The molecule has 0 bridgehead atoms. The SMILES string of the molecule is O=C(c1ccc(-c2ccc(N3CCSCC3)nc2)cc1)N1CCC2(CC1)OCCO2. The summed E-state index contributed by atoms with van der Waals surface area (Å²) in [5.74, 6) is 3.00. The van der Waals surface area contributed by atoms with Crippen molar-refractivity contribution in [3.8, 4) is 11.1 Å². The van der Waals surface area contributed by atoms with Crippen LogP contribution in [0.4, 0.5) is 5.82 Å². The first-order valence-electron chi connectivity index (χ1n) is 10.7. The summed E-state index contributed by atoms with van der Waals surface area (Å²) in [4.78, 5) is 21.8. The summed E-state index contributed by atoms with van der Waals surface area (Å²) < 4.78 is 11.5. The third-order valence-corrected chi connectivity index (χ3v) is 7.12. The van der Waals surface area contributed by atoms with Gasteiger partial charge in [0.1, 0.15) is 5.82 Å². The van der Waals surface area contributed by atoms with Crippen molar-refractivity contribution in [3.05, 3.63) is 48.2 Å². The summed E-state index contributed by atoms with van der Waals surface area (Å²) in [6.07, 6.45) is 3.41. The lowest BCUT2D eigenvalue weighted by molar-refractivity contribution is -0.181. The number of piperidine rings is 1. The standard InChI is InChI=1S/C23H27N3O3S/c27-22(26-9-7-23(8-10-26)28-13-14-29-23)19-3-1-18(2-4-19)20-5-6-21(24-17-20)25-11-15-30-16-12-25/h1-6,17H,7-16H2. The van der Waals surface area contributed by atoms with E-state index in [1.54, 1.807) is 0 Å². The number of anilines is 1. The van der Waals surface area contributed by atoms with Gasteiger partial charge in [0.2, 0.25) is 0 Å². The van der Waals surface area contributed by atoms with Gasteiger partial charge in [-0.15, -0.1) is 0 Å². The number of hydrogen-bond acceptors (Lipinski definition) is 6. The number of aromatic nitrogens is 1. The molecule has 4 heterocycles. The molecule has 3 aliphatic rings. The van der Waals surface area contributed by atoms with Gasteiger partial charge >= 0.3 is 0 Å². The lowest BCUT2D eigenvalue weighted by atomic mass is 10.0. The number of carbonyl (C=O) groups is 1. The molecule has 1 aromatic carbocycles. The predicted octanol–water partition coefficient (Wildman–Crippen LogP) is 3.28. The van der Waals surface area contributed by atoms with Crippen LogP contribution < -0.4 is 4.90 Å². The van der Waals surface area contributed by atoms with Gasteiger partial charge in [-0.1, -0.05) is 12.1 Å². The molecule has 7 heteroatoms. The number of rotatable bonds is 3. The first-order valence-corrected chi connectivity index (χ1v) is 11.8. The molecule has 1 amide bonds. The van der Waals surface area contributed by atoms with E-state index in [1.807, 2.05) is 47.1 Å². The van der Waals surface area contributed by atoms with Gasteiger partial charge in [0, 0.05) is 67.9 Å². The topological polar surface area (TPSA) is 54.9 Å². The Bertz CT molecular complexity index is 866. The first-order chi connectivity index (χ1) is 14.7. The zero-order valence-electron chi connectivity index (χ0n) is 17.1. The van der Waals surface area contributed by atoms with Crippen LogP contribution in [0.25, 0.3) is 11.1 Å². The fraction of sp³-hybridized carbons (Fsp3) is 0.478. The van der Waals surface area contributed by atoms with Crippen LogP contribution in [0.1, 0.15) is 23.2 Å². The number of likely N-dealkylation sites (tertiary alicyclic amines) is 1. The molecule has 6 nitrogen and oxygen atoms in total. The Kier molecular flexibility index (Phi) is 5.67. The summed E-state index contributed by atoms with van der Waals surface area (Å²) >= 11 is 2.00. The van der Waals surface area contributed by atoms with Crippen molar-refractivity contribution in [1.29, 1.82) is 0 Å². The molecular weight excluding hydrogens is 398 g/mol. The van der Waals surface area contributed by atoms with Crippen LogP contribution in [0.3, 0.4) is 0 Å². The molecule has 0 saturated carbocycles. The van der Waals surface area contributed by atoms with Gasteiger partial charge in [-0.3, -0.25) is 4.79 Å². The minimum Gasteiger partial charge on any atom is -0.355 e. The van der Waals surface area contributed by atoms with Crippen LogP contribution in [-0.4, -0.2) is 72.5 Å². The molecule has 30 heavy (non-hydrogen) atoms. The fourth-order valence-corrected chi connectivity index (χ4v) is 5.26. The Balaban J connectivity index is 1.22. The van der Waals surface area contributed by atoms with Crippen LogP contribution in [0.15, 0.2) is 42.6 Å². The number of benzene rings is 1. The molecule has 0 N–H and O–H groups in total. The Morgan fingerprint density at radius 3 is 2.20 bits per heavy atom. The highest BCUT2D eigenvalue weighted by Gasteiger charge is 2.40. The maximum Gasteiger partial charge on any atom is 0.253 e. The maximum atomic E-state index is 12.9. The monoisotopic (exact) mass is 425 g/mol. The molecule has 1 spiro atoms. The van der Waals surface area contributed by atoms with E-state index >= 15 is 0 Å². The number of amides is 1. The smallest absolute Gasteiger partial charge is 0.253 e. The van der Waals surface area contributed by atoms with Gasteiger partial charge in [-0.25, -0.2) is 4.98 Å². The van der Waals surface area contributed by atoms with E-state index in [1.165, 1.54) is 0 Å². The lowest BCUT2D eigenvalue weighted by Gasteiger charge is -2.37. The second kappa shape index (κ2) is 8.57. The van der Waals surface area contributed by atoms with E-state index in [0.29, 0.717) is 26.3 Å². The summed E-state index contributed by atoms with van der Waals surface area (Å²) in [6, 6.07) is 12.1. The van der Waals surface area contributed by atoms with Gasteiger partial charge in [0.25, 0.3) is 5.91 Å². The molecule has 5 rings (SSSR count). The Hall–Kier alpha value is -2.09. The van der Waals surface area contributed by atoms with Crippen molar-refractivity contribution >= 4 is 23.5 Å². The zero-order chi connectivity index (χ0) is 20.4. The molecule has 1 aromatic heterocycles. The second-order valence-corrected chi connectivity index (χ2v) is 9.21. The Labute approximate surface area is 181 Å². The van der Waals surface area contributed by atoms with E-state index in [-0.39, 0.29) is 5.91 Å². The van der Waals surface area contributed by atoms with E-state index < -0.39 is 5.79 Å². The molecule has 3 fully saturated rings. The Morgan fingerprint density at radius 2 is 1.57 bits per heavy atom. The van der Waals surface area contributed by atoms with Gasteiger partial charge in [0.05, 0.1) is 13.2 Å². The van der Waals surface area contributed by atoms with Crippen molar-refractivity contribution in [3.63, 3.8) is 0 Å². The molecule has 3 saturated heterocycles. The van der Waals surface area contributed by atoms with Crippen molar-refractivity contribution in [2.24, 2.45) is 0 Å². The van der Waals surface area contributed by atoms with E-state index in [4.69, 9.17) is 9.47 Å². The minimum absolute atomic E-state index is 0.0749. The molecule has 2 aromatic rings. The minimum atomic E-state index is -0.452. The normalized spacial score (nSPS) is 21.2. The van der Waals surface area contributed by atoms with Crippen LogP contribution >= 0.6 is 11.8 Å². The summed E-state index contributed by atoms with van der Waals surface area (Å²) in [7, 11) is 0. The van der Waals surface area contributed by atoms with Crippen LogP contribution in [-0.2, 0) is 9.47 Å². The third-order valence-electron chi connectivity index (χ3n) is 6.17. The first kappa shape index (κ1) is 19.8. The number of nitrogens with zero attached hydrogens (tertiary/aromatic N) is 3. The fourth-order valence-electron chi connectivity index (χ4n) is 4.36. The molecule has 0 atom stereocenters. The van der Waals surface area contributed by atoms with Gasteiger partial charge in [-0.05, 0) is 29.8 Å². The maximum absolute atomic E-state index is 12.9. The predicted molar refractivity (Wildman–Crippen MR) is 119 cm³/mol. The number of hydrogen-bond donors (Lipinski definition) is 0. The average molecular weight is 426 g/mol. The Morgan fingerprint density at radius 1 is 0.900 bits per heavy atom. The number of ether oxygens (including phenoxy) is 2. The average Bonchev–Trinajstić information content (AvgIpc) is 3.28. The van der Waals surface area contributed by atoms with Crippen LogP contribution in [0.2, 0.25) is 0 Å². The molecule has 0 unspecified atom stereocenters. The van der Waals surface area contributed by atoms with Gasteiger partial charge < -0.3 is 19.3 Å². The highest BCUT2D eigenvalue weighted by Crippen LogP contribution is 2.32. The molecular formula is C23H27N3O3S. The van der Waals surface area contributed by atoms with E-state index in [0.717, 1.165) is 59.9 Å². The highest BCUT2D eigenvalue weighted by atomic mass is 32.2. The number of pyridine rings is 1. The summed E-state index contributed by atoms with van der Waals surface area (Å²) in [5.41, 5.74) is 2.86. The van der Waals surface area contributed by atoms with Gasteiger partial charge in [-0.2, -0.15) is 11.8 Å². The molecule has 0 radical (unpaired) electrons. The van der Waals surface area contributed by atoms with Gasteiger partial charge in [0.15, 0.2) is 5.79 Å². The molecule has 158 valence electrons. The van der Waals surface area contributed by atoms with Crippen molar-refractivity contribution in [1.82, 2.24) is 9.88 Å². The number of carbonyl (C=O) groups excluding carboxylic acids is 1. The van der Waals surface area contributed by atoms with E-state index in [2.05, 4.69) is 22.0 Å². The van der Waals surface area contributed by atoms with Crippen molar-refractivity contribution in [2.75, 3.05) is 55.8 Å². The number of thioether (sulfide) groups is 1. The lowest BCUT2D eigenvalue weighted by Crippen LogP contribution is -2.47. The second-order valence-electron chi connectivity index (χ2n) is 7.98. The van der Waals surface area contributed by atoms with Crippen LogP contribution in [0, 0.1) is 0 Å². The largest absolute Gasteiger partial charge is 0.355 e. The summed E-state index contributed by atoms with van der Waals surface area (Å²) in [5, 5.41) is 0. The quantitative estimate of drug-likeness (QED) is 0.752. The van der Waals surface area contributed by atoms with Crippen LogP contribution in [0.5, 0.6) is 0 Å². The van der Waals surface area contributed by atoms with Crippen molar-refractivity contribution in [2.45, 2.75) is 18.6 Å². The molecule has 0 aliphatic carbocycles.